The Kier molecular flexibility index (Phi) is 7.63. The van der Waals surface area contributed by atoms with Gasteiger partial charge in [0.2, 0.25) is 0 Å². The lowest BCUT2D eigenvalue weighted by Crippen LogP contribution is -2.36. The van der Waals surface area contributed by atoms with E-state index in [4.69, 9.17) is 14.6 Å². The molecular weight excluding hydrogens is 498 g/mol. The second-order valence-corrected chi connectivity index (χ2v) is 8.98. The van der Waals surface area contributed by atoms with Gasteiger partial charge in [0, 0.05) is 6.04 Å². The highest BCUT2D eigenvalue weighted by Gasteiger charge is 2.37. The molecule has 0 saturated carbocycles. The Hall–Kier alpha value is -2.78. The molecule has 2 amide bonds. The van der Waals surface area contributed by atoms with Crippen LogP contribution in [0.3, 0.4) is 0 Å². The number of rotatable bonds is 8. The van der Waals surface area contributed by atoms with Crippen LogP contribution in [0.4, 0.5) is 4.79 Å². The molecule has 2 aromatic rings. The van der Waals surface area contributed by atoms with E-state index in [9.17, 15) is 14.4 Å². The van der Waals surface area contributed by atoms with Crippen molar-refractivity contribution in [1.29, 1.82) is 0 Å². The van der Waals surface area contributed by atoms with Crippen molar-refractivity contribution in [3.8, 4) is 11.5 Å². The molecule has 7 nitrogen and oxygen atoms in total. The van der Waals surface area contributed by atoms with Crippen molar-refractivity contribution >= 4 is 50.9 Å². The Morgan fingerprint density at radius 1 is 1.25 bits per heavy atom. The number of halogens is 1. The number of aromatic carboxylic acids is 1. The topological polar surface area (TPSA) is 93.1 Å². The summed E-state index contributed by atoms with van der Waals surface area (Å²) >= 11 is 4.41. The predicted octanol–water partition coefficient (Wildman–Crippen LogP) is 5.57. The monoisotopic (exact) mass is 519 g/mol. The summed E-state index contributed by atoms with van der Waals surface area (Å²) in [6, 6.07) is 9.76. The molecule has 0 aromatic heterocycles. The smallest absolute Gasteiger partial charge is 0.335 e. The fourth-order valence-corrected chi connectivity index (χ4v) is 4.56. The van der Waals surface area contributed by atoms with Crippen LogP contribution in [0.2, 0.25) is 0 Å². The summed E-state index contributed by atoms with van der Waals surface area (Å²) in [6.45, 7) is 3.99. The Bertz CT molecular complexity index is 1080. The largest absolute Gasteiger partial charge is 0.493 e. The number of ether oxygens (including phenoxy) is 2. The Labute approximate surface area is 198 Å². The van der Waals surface area contributed by atoms with Gasteiger partial charge in [0.05, 0.1) is 22.1 Å². The average molecular weight is 520 g/mol. The average Bonchev–Trinajstić information content (AvgIpc) is 3.05. The van der Waals surface area contributed by atoms with Crippen molar-refractivity contribution in [2.45, 2.75) is 32.9 Å². The van der Waals surface area contributed by atoms with Crippen LogP contribution >= 0.6 is 27.7 Å². The van der Waals surface area contributed by atoms with Gasteiger partial charge >= 0.3 is 5.97 Å². The minimum atomic E-state index is -0.987. The molecule has 0 radical (unpaired) electrons. The van der Waals surface area contributed by atoms with E-state index in [1.165, 1.54) is 24.1 Å². The summed E-state index contributed by atoms with van der Waals surface area (Å²) in [5.41, 5.74) is 1.68. The van der Waals surface area contributed by atoms with Gasteiger partial charge in [0.25, 0.3) is 11.1 Å². The van der Waals surface area contributed by atoms with Crippen molar-refractivity contribution in [2.75, 3.05) is 7.11 Å². The molecule has 1 heterocycles. The van der Waals surface area contributed by atoms with E-state index in [1.807, 2.05) is 13.8 Å². The third-order valence-corrected chi connectivity index (χ3v) is 6.46. The van der Waals surface area contributed by atoms with E-state index in [2.05, 4.69) is 15.9 Å². The molecule has 3 rings (SSSR count). The molecule has 1 fully saturated rings. The number of hydrogen-bond donors (Lipinski definition) is 1. The number of methoxy groups -OCH3 is 1. The highest BCUT2D eigenvalue weighted by atomic mass is 79.9. The second kappa shape index (κ2) is 10.2. The first kappa shape index (κ1) is 23.9. The highest BCUT2D eigenvalue weighted by Crippen LogP contribution is 2.40. The van der Waals surface area contributed by atoms with Gasteiger partial charge in [0.1, 0.15) is 6.61 Å². The molecule has 1 atom stereocenters. The van der Waals surface area contributed by atoms with Gasteiger partial charge < -0.3 is 14.6 Å². The number of thioether (sulfide) groups is 1. The van der Waals surface area contributed by atoms with Crippen LogP contribution in [0.1, 0.15) is 41.8 Å². The number of carbonyl (C=O) groups is 3. The van der Waals surface area contributed by atoms with Crippen LogP contribution in [-0.4, -0.2) is 40.3 Å². The summed E-state index contributed by atoms with van der Waals surface area (Å²) in [6.07, 6.45) is 2.35. The van der Waals surface area contributed by atoms with E-state index >= 15 is 0 Å². The molecule has 1 aliphatic heterocycles. The quantitative estimate of drug-likeness (QED) is 0.455. The molecular formula is C23H22BrNO6S. The number of imide groups is 1. The maximum atomic E-state index is 12.7. The number of hydrogen-bond acceptors (Lipinski definition) is 6. The lowest BCUT2D eigenvalue weighted by molar-refractivity contribution is -0.124. The number of nitrogens with zero attached hydrogens (tertiary/aromatic N) is 1. The fourth-order valence-electron chi connectivity index (χ4n) is 3.06. The second-order valence-electron chi connectivity index (χ2n) is 7.13. The maximum absolute atomic E-state index is 12.7. The van der Waals surface area contributed by atoms with Crippen LogP contribution in [-0.2, 0) is 11.4 Å². The number of benzene rings is 2. The van der Waals surface area contributed by atoms with E-state index in [-0.39, 0.29) is 29.4 Å². The number of carbonyl (C=O) groups excluding carboxylic acids is 2. The maximum Gasteiger partial charge on any atom is 0.335 e. The fraction of sp³-hybridized carbons (Fsp3) is 0.261. The van der Waals surface area contributed by atoms with Crippen LogP contribution in [0.5, 0.6) is 11.5 Å². The van der Waals surface area contributed by atoms with Gasteiger partial charge in [-0.3, -0.25) is 14.5 Å². The number of carboxylic acids is 1. The Morgan fingerprint density at radius 2 is 1.94 bits per heavy atom. The summed E-state index contributed by atoms with van der Waals surface area (Å²) < 4.78 is 12.0. The molecule has 168 valence electrons. The minimum absolute atomic E-state index is 0.157. The normalized spacial score (nSPS) is 15.9. The molecule has 9 heteroatoms. The summed E-state index contributed by atoms with van der Waals surface area (Å²) in [7, 11) is 1.51. The third-order valence-electron chi connectivity index (χ3n) is 4.99. The van der Waals surface area contributed by atoms with Crippen molar-refractivity contribution in [2.24, 2.45) is 0 Å². The first-order valence-electron chi connectivity index (χ1n) is 9.84. The molecule has 1 N–H and O–H groups in total. The molecule has 0 unspecified atom stereocenters. The Morgan fingerprint density at radius 3 is 2.53 bits per heavy atom. The van der Waals surface area contributed by atoms with Gasteiger partial charge in [-0.1, -0.05) is 19.1 Å². The van der Waals surface area contributed by atoms with Gasteiger partial charge in [-0.05, 0) is 82.5 Å². The molecule has 2 aromatic carbocycles. The van der Waals surface area contributed by atoms with Crippen molar-refractivity contribution in [1.82, 2.24) is 4.90 Å². The van der Waals surface area contributed by atoms with Crippen molar-refractivity contribution in [3.05, 3.63) is 62.5 Å². The summed E-state index contributed by atoms with van der Waals surface area (Å²) in [5.74, 6) is -0.359. The number of amides is 2. The Balaban J connectivity index is 1.81. The first-order chi connectivity index (χ1) is 15.2. The van der Waals surface area contributed by atoms with Crippen LogP contribution in [0, 0.1) is 0 Å². The molecule has 32 heavy (non-hydrogen) atoms. The zero-order valence-corrected chi connectivity index (χ0v) is 20.2. The minimum Gasteiger partial charge on any atom is -0.493 e. The van der Waals surface area contributed by atoms with E-state index in [1.54, 1.807) is 30.3 Å². The molecule has 0 bridgehead atoms. The lowest BCUT2D eigenvalue weighted by atomic mass is 10.1. The van der Waals surface area contributed by atoms with Crippen LogP contribution in [0.25, 0.3) is 6.08 Å². The molecule has 1 aliphatic rings. The van der Waals surface area contributed by atoms with E-state index in [0.717, 1.165) is 17.3 Å². The standard InChI is InChI=1S/C23H22BrNO6S/c1-4-13(2)25-21(26)19(32-23(25)29)11-15-9-17(24)20(18(10-15)30-3)31-12-14-5-7-16(8-6-14)22(27)28/h5-11,13H,4,12H2,1-3H3,(H,27,28)/b19-11+/t13-/m1/s1. The third kappa shape index (κ3) is 5.16. The van der Waals surface area contributed by atoms with E-state index in [0.29, 0.717) is 32.9 Å². The zero-order chi connectivity index (χ0) is 23.4. The van der Waals surface area contributed by atoms with Crippen LogP contribution < -0.4 is 9.47 Å². The van der Waals surface area contributed by atoms with Crippen molar-refractivity contribution in [3.63, 3.8) is 0 Å². The lowest BCUT2D eigenvalue weighted by Gasteiger charge is -2.19. The van der Waals surface area contributed by atoms with Crippen molar-refractivity contribution < 1.29 is 29.0 Å². The SMILES string of the molecule is CC[C@@H](C)N1C(=O)S/C(=C/c2cc(Br)c(OCc3ccc(C(=O)O)cc3)c(OC)c2)C1=O. The first-order valence-corrected chi connectivity index (χ1v) is 11.5. The summed E-state index contributed by atoms with van der Waals surface area (Å²) in [5, 5.41) is 8.73. The summed E-state index contributed by atoms with van der Waals surface area (Å²) in [4.78, 5) is 37.5. The molecule has 0 spiro atoms. The highest BCUT2D eigenvalue weighted by molar-refractivity contribution is 9.10. The van der Waals surface area contributed by atoms with E-state index < -0.39 is 5.97 Å². The van der Waals surface area contributed by atoms with Gasteiger partial charge in [-0.2, -0.15) is 0 Å². The van der Waals surface area contributed by atoms with Gasteiger partial charge in [-0.25, -0.2) is 4.79 Å². The number of carboxylic acid groups (broad SMARTS) is 1. The predicted molar refractivity (Wildman–Crippen MR) is 126 cm³/mol. The zero-order valence-electron chi connectivity index (χ0n) is 17.8. The molecule has 1 saturated heterocycles. The van der Waals surface area contributed by atoms with Gasteiger partial charge in [-0.15, -0.1) is 0 Å². The molecule has 0 aliphatic carbocycles. The van der Waals surface area contributed by atoms with Crippen LogP contribution in [0.15, 0.2) is 45.8 Å². The van der Waals surface area contributed by atoms with Gasteiger partial charge in [0.15, 0.2) is 11.5 Å².